The van der Waals surface area contributed by atoms with Gasteiger partial charge in [-0.15, -0.1) is 0 Å². The second kappa shape index (κ2) is 4.74. The lowest BCUT2D eigenvalue weighted by atomic mass is 9.98. The molecule has 1 N–H and O–H groups in total. The Balaban J connectivity index is 2.13. The lowest BCUT2D eigenvalue weighted by Gasteiger charge is -2.12. The van der Waals surface area contributed by atoms with E-state index in [1.54, 1.807) is 6.07 Å². The molecule has 1 aliphatic carbocycles. The van der Waals surface area contributed by atoms with Gasteiger partial charge in [0.2, 0.25) is 0 Å². The first-order valence-electron chi connectivity index (χ1n) is 6.45. The fraction of sp³-hybridized carbons (Fsp3) is 0.250. The number of hydrogen-bond donors (Lipinski definition) is 1. The predicted molar refractivity (Wildman–Crippen MR) is 71.9 cm³/mol. The van der Waals surface area contributed by atoms with Crippen molar-refractivity contribution in [3.63, 3.8) is 0 Å². The van der Waals surface area contributed by atoms with Gasteiger partial charge in [-0.2, -0.15) is 0 Å². The van der Waals surface area contributed by atoms with Gasteiger partial charge in [0.15, 0.2) is 0 Å². The maximum Gasteiger partial charge on any atom is 0.133 e. The van der Waals surface area contributed by atoms with Crippen molar-refractivity contribution in [2.24, 2.45) is 0 Å². The van der Waals surface area contributed by atoms with Crippen LogP contribution in [0.5, 0.6) is 0 Å². The molecule has 0 saturated heterocycles. The van der Waals surface area contributed by atoms with Crippen molar-refractivity contribution in [2.45, 2.75) is 18.9 Å². The molecule has 3 heteroatoms. The highest BCUT2D eigenvalue weighted by atomic mass is 19.1. The summed E-state index contributed by atoms with van der Waals surface area (Å²) in [5.74, 6) is -1.03. The van der Waals surface area contributed by atoms with Crippen molar-refractivity contribution in [1.29, 1.82) is 0 Å². The van der Waals surface area contributed by atoms with Crippen molar-refractivity contribution >= 4 is 0 Å². The third kappa shape index (κ3) is 2.04. The van der Waals surface area contributed by atoms with Crippen molar-refractivity contribution in [3.05, 3.63) is 59.2 Å². The third-order valence-electron chi connectivity index (χ3n) is 3.82. The van der Waals surface area contributed by atoms with Crippen LogP contribution in [0.15, 0.2) is 36.4 Å². The first kappa shape index (κ1) is 12.3. The van der Waals surface area contributed by atoms with Crippen molar-refractivity contribution in [2.75, 3.05) is 7.05 Å². The minimum absolute atomic E-state index is 0.0621. The minimum Gasteiger partial charge on any atom is -0.313 e. The van der Waals surface area contributed by atoms with Crippen LogP contribution in [0.3, 0.4) is 0 Å². The summed E-state index contributed by atoms with van der Waals surface area (Å²) in [6.07, 6.45) is 2.05. The zero-order valence-corrected chi connectivity index (χ0v) is 10.7. The van der Waals surface area contributed by atoms with Gasteiger partial charge in [0.05, 0.1) is 5.56 Å². The Hall–Kier alpha value is -1.74. The topological polar surface area (TPSA) is 12.0 Å². The number of halogens is 2. The standard InChI is InChI=1S/C16H15F2N/c1-19-15-8-7-10-5-6-11(9-12(10)15)16-13(17)3-2-4-14(16)18/h2-6,9,15,19H,7-8H2,1H3. The summed E-state index contributed by atoms with van der Waals surface area (Å²) in [4.78, 5) is 0. The Bertz CT molecular complexity index is 602. The first-order chi connectivity index (χ1) is 9.20. The highest BCUT2D eigenvalue weighted by molar-refractivity contribution is 5.67. The summed E-state index contributed by atoms with van der Waals surface area (Å²) in [6.45, 7) is 0. The highest BCUT2D eigenvalue weighted by Gasteiger charge is 2.22. The SMILES string of the molecule is CNC1CCc2ccc(-c3c(F)cccc3F)cc21. The maximum atomic E-state index is 13.8. The lowest BCUT2D eigenvalue weighted by Crippen LogP contribution is -2.12. The first-order valence-corrected chi connectivity index (χ1v) is 6.45. The second-order valence-corrected chi connectivity index (χ2v) is 4.89. The monoisotopic (exact) mass is 259 g/mol. The summed E-state index contributed by atoms with van der Waals surface area (Å²) in [7, 11) is 1.91. The molecule has 0 radical (unpaired) electrons. The van der Waals surface area contributed by atoms with E-state index < -0.39 is 11.6 Å². The molecule has 0 heterocycles. The number of aryl methyl sites for hydroxylation is 1. The quantitative estimate of drug-likeness (QED) is 0.864. The molecule has 0 fully saturated rings. The Morgan fingerprint density at radius 2 is 1.84 bits per heavy atom. The van der Waals surface area contributed by atoms with Gasteiger partial charge in [0, 0.05) is 6.04 Å². The second-order valence-electron chi connectivity index (χ2n) is 4.89. The lowest BCUT2D eigenvalue weighted by molar-refractivity contribution is 0.587. The largest absolute Gasteiger partial charge is 0.313 e. The maximum absolute atomic E-state index is 13.8. The van der Waals surface area contributed by atoms with Crippen LogP contribution in [-0.4, -0.2) is 7.05 Å². The van der Waals surface area contributed by atoms with Gasteiger partial charge in [0.25, 0.3) is 0 Å². The van der Waals surface area contributed by atoms with E-state index in [0.717, 1.165) is 18.4 Å². The summed E-state index contributed by atoms with van der Waals surface area (Å²) in [5.41, 5.74) is 3.09. The van der Waals surface area contributed by atoms with Crippen molar-refractivity contribution < 1.29 is 8.78 Å². The Kier molecular flexibility index (Phi) is 3.07. The van der Waals surface area contributed by atoms with E-state index in [1.807, 2.05) is 19.2 Å². The summed E-state index contributed by atoms with van der Waals surface area (Å²) < 4.78 is 27.6. The molecular formula is C16H15F2N. The predicted octanol–water partition coefficient (Wildman–Crippen LogP) is 3.84. The molecule has 1 aliphatic rings. The molecule has 0 spiro atoms. The van der Waals surface area contributed by atoms with E-state index in [0.29, 0.717) is 5.56 Å². The number of benzene rings is 2. The van der Waals surface area contributed by atoms with Crippen LogP contribution in [0.1, 0.15) is 23.6 Å². The van der Waals surface area contributed by atoms with Gasteiger partial charge < -0.3 is 5.32 Å². The number of fused-ring (bicyclic) bond motifs is 1. The van der Waals surface area contributed by atoms with Gasteiger partial charge in [-0.3, -0.25) is 0 Å². The normalized spacial score (nSPS) is 17.5. The van der Waals surface area contributed by atoms with E-state index in [4.69, 9.17) is 0 Å². The van der Waals surface area contributed by atoms with Gasteiger partial charge in [-0.1, -0.05) is 18.2 Å². The molecule has 3 rings (SSSR count). The van der Waals surface area contributed by atoms with Crippen LogP contribution in [-0.2, 0) is 6.42 Å². The molecule has 0 amide bonds. The van der Waals surface area contributed by atoms with E-state index in [2.05, 4.69) is 5.32 Å². The zero-order chi connectivity index (χ0) is 13.4. The smallest absolute Gasteiger partial charge is 0.133 e. The molecule has 0 bridgehead atoms. The molecule has 2 aromatic carbocycles. The molecule has 0 aromatic heterocycles. The average molecular weight is 259 g/mol. The van der Waals surface area contributed by atoms with Crippen LogP contribution >= 0.6 is 0 Å². The van der Waals surface area contributed by atoms with Crippen LogP contribution in [0.2, 0.25) is 0 Å². The zero-order valence-electron chi connectivity index (χ0n) is 10.7. The van der Waals surface area contributed by atoms with Crippen LogP contribution < -0.4 is 5.32 Å². The average Bonchev–Trinajstić information content (AvgIpc) is 2.81. The molecular weight excluding hydrogens is 244 g/mol. The summed E-state index contributed by atoms with van der Waals surface area (Å²) >= 11 is 0. The number of rotatable bonds is 2. The minimum atomic E-state index is -0.515. The van der Waals surface area contributed by atoms with Crippen LogP contribution in [0.25, 0.3) is 11.1 Å². The number of hydrogen-bond acceptors (Lipinski definition) is 1. The van der Waals surface area contributed by atoms with E-state index >= 15 is 0 Å². The van der Waals surface area contributed by atoms with E-state index in [9.17, 15) is 8.78 Å². The molecule has 1 nitrogen and oxygen atoms in total. The van der Waals surface area contributed by atoms with Gasteiger partial charge in [-0.25, -0.2) is 8.78 Å². The molecule has 0 aliphatic heterocycles. The Morgan fingerprint density at radius 3 is 2.53 bits per heavy atom. The molecule has 1 atom stereocenters. The van der Waals surface area contributed by atoms with Crippen LogP contribution in [0, 0.1) is 11.6 Å². The Morgan fingerprint density at radius 1 is 1.11 bits per heavy atom. The molecule has 1 unspecified atom stereocenters. The number of nitrogens with one attached hydrogen (secondary N) is 1. The molecule has 98 valence electrons. The molecule has 19 heavy (non-hydrogen) atoms. The molecule has 0 saturated carbocycles. The van der Waals surface area contributed by atoms with E-state index in [1.165, 1.54) is 23.8 Å². The molecule has 2 aromatic rings. The third-order valence-corrected chi connectivity index (χ3v) is 3.82. The summed E-state index contributed by atoms with van der Waals surface area (Å²) in [5, 5.41) is 3.24. The highest BCUT2D eigenvalue weighted by Crippen LogP contribution is 2.35. The summed E-state index contributed by atoms with van der Waals surface area (Å²) in [6, 6.07) is 9.95. The van der Waals surface area contributed by atoms with E-state index in [-0.39, 0.29) is 11.6 Å². The Labute approximate surface area is 111 Å². The fourth-order valence-corrected chi connectivity index (χ4v) is 2.83. The van der Waals surface area contributed by atoms with Gasteiger partial charge in [-0.05, 0) is 54.8 Å². The van der Waals surface area contributed by atoms with Crippen molar-refractivity contribution in [1.82, 2.24) is 5.32 Å². The fourth-order valence-electron chi connectivity index (χ4n) is 2.83. The van der Waals surface area contributed by atoms with Crippen LogP contribution in [0.4, 0.5) is 8.78 Å². The van der Waals surface area contributed by atoms with Gasteiger partial charge >= 0.3 is 0 Å². The van der Waals surface area contributed by atoms with Gasteiger partial charge in [0.1, 0.15) is 11.6 Å². The van der Waals surface area contributed by atoms with Crippen molar-refractivity contribution in [3.8, 4) is 11.1 Å².